The molecule has 1 atom stereocenters. The van der Waals surface area contributed by atoms with Crippen molar-refractivity contribution >= 4 is 11.6 Å². The van der Waals surface area contributed by atoms with Crippen molar-refractivity contribution in [1.82, 2.24) is 9.97 Å². The van der Waals surface area contributed by atoms with Crippen LogP contribution in [0.1, 0.15) is 6.42 Å². The van der Waals surface area contributed by atoms with Crippen LogP contribution in [0.5, 0.6) is 0 Å². The van der Waals surface area contributed by atoms with Crippen LogP contribution < -0.4 is 11.1 Å². The first-order valence-corrected chi connectivity index (χ1v) is 5.18. The van der Waals surface area contributed by atoms with Crippen LogP contribution in [0.15, 0.2) is 12.4 Å². The largest absolute Gasteiger partial charge is 0.396 e. The highest BCUT2D eigenvalue weighted by Gasteiger charge is 2.34. The van der Waals surface area contributed by atoms with Crippen LogP contribution in [0.3, 0.4) is 0 Å². The zero-order chi connectivity index (χ0) is 11.4. The Morgan fingerprint density at radius 2 is 2.31 bits per heavy atom. The molecule has 1 unspecified atom stereocenters. The van der Waals surface area contributed by atoms with Gasteiger partial charge in [0.15, 0.2) is 0 Å². The number of nitrogen functional groups attached to an aromatic ring is 1. The zero-order valence-electron chi connectivity index (χ0n) is 9.27. The second-order valence-corrected chi connectivity index (χ2v) is 3.88. The molecule has 3 N–H and O–H groups in total. The van der Waals surface area contributed by atoms with E-state index in [9.17, 15) is 0 Å². The molecule has 0 bridgehead atoms. The number of nitrogens with zero attached hydrogens (tertiary/aromatic N) is 2. The highest BCUT2D eigenvalue weighted by atomic mass is 16.5. The van der Waals surface area contributed by atoms with Crippen LogP contribution in [0, 0.1) is 0 Å². The molecule has 6 heteroatoms. The lowest BCUT2D eigenvalue weighted by atomic mass is 10.0. The number of hydrogen-bond acceptors (Lipinski definition) is 6. The molecule has 6 nitrogen and oxygen atoms in total. The normalized spacial score (nSPS) is 24.6. The zero-order valence-corrected chi connectivity index (χ0v) is 9.27. The van der Waals surface area contributed by atoms with Gasteiger partial charge in [-0.05, 0) is 0 Å². The van der Waals surface area contributed by atoms with E-state index in [4.69, 9.17) is 15.2 Å². The number of hydrogen-bond donors (Lipinski definition) is 2. The monoisotopic (exact) mass is 224 g/mol. The van der Waals surface area contributed by atoms with Crippen LogP contribution in [0.2, 0.25) is 0 Å². The maximum absolute atomic E-state index is 5.50. The van der Waals surface area contributed by atoms with Crippen LogP contribution in [-0.4, -0.2) is 42.4 Å². The smallest absolute Gasteiger partial charge is 0.222 e. The summed E-state index contributed by atoms with van der Waals surface area (Å²) in [5.74, 6) is 0.553. The molecule has 2 heterocycles. The van der Waals surface area contributed by atoms with Crippen molar-refractivity contribution in [2.24, 2.45) is 0 Å². The van der Waals surface area contributed by atoms with Gasteiger partial charge in [-0.2, -0.15) is 0 Å². The first kappa shape index (κ1) is 11.1. The molecule has 0 aromatic carbocycles. The van der Waals surface area contributed by atoms with Gasteiger partial charge in [-0.1, -0.05) is 0 Å². The highest BCUT2D eigenvalue weighted by Crippen LogP contribution is 2.22. The van der Waals surface area contributed by atoms with Crippen molar-refractivity contribution in [3.63, 3.8) is 0 Å². The second-order valence-electron chi connectivity index (χ2n) is 3.88. The predicted molar refractivity (Wildman–Crippen MR) is 60.1 cm³/mol. The summed E-state index contributed by atoms with van der Waals surface area (Å²) < 4.78 is 10.8. The molecule has 0 saturated carbocycles. The number of anilines is 2. The van der Waals surface area contributed by atoms with Gasteiger partial charge in [0, 0.05) is 26.7 Å². The third-order valence-electron chi connectivity index (χ3n) is 2.74. The molecule has 1 aliphatic rings. The summed E-state index contributed by atoms with van der Waals surface area (Å²) in [6, 6.07) is 0. The van der Waals surface area contributed by atoms with E-state index in [0.717, 1.165) is 13.0 Å². The van der Waals surface area contributed by atoms with Crippen LogP contribution in [0.4, 0.5) is 11.6 Å². The number of nitrogens with two attached hydrogens (primary N) is 1. The molecule has 1 fully saturated rings. The highest BCUT2D eigenvalue weighted by molar-refractivity contribution is 5.36. The quantitative estimate of drug-likeness (QED) is 0.764. The molecule has 1 saturated heterocycles. The van der Waals surface area contributed by atoms with Crippen molar-refractivity contribution in [2.45, 2.75) is 12.0 Å². The fourth-order valence-electron chi connectivity index (χ4n) is 1.63. The van der Waals surface area contributed by atoms with Crippen molar-refractivity contribution < 1.29 is 9.47 Å². The third-order valence-corrected chi connectivity index (χ3v) is 2.74. The Balaban J connectivity index is 1.93. The lowest BCUT2D eigenvalue weighted by Crippen LogP contribution is -2.39. The molecule has 88 valence electrons. The van der Waals surface area contributed by atoms with Gasteiger partial charge >= 0.3 is 0 Å². The van der Waals surface area contributed by atoms with Crippen molar-refractivity contribution in [1.29, 1.82) is 0 Å². The Morgan fingerprint density at radius 1 is 1.56 bits per heavy atom. The minimum Gasteiger partial charge on any atom is -0.396 e. The molecule has 16 heavy (non-hydrogen) atoms. The molecule has 0 spiro atoms. The minimum absolute atomic E-state index is 0.259. The van der Waals surface area contributed by atoms with Gasteiger partial charge in [0.2, 0.25) is 5.95 Å². The fourth-order valence-corrected chi connectivity index (χ4v) is 1.63. The minimum atomic E-state index is -0.259. The van der Waals surface area contributed by atoms with Gasteiger partial charge < -0.3 is 20.5 Å². The molecule has 1 aromatic heterocycles. The Morgan fingerprint density at radius 3 is 2.88 bits per heavy atom. The summed E-state index contributed by atoms with van der Waals surface area (Å²) in [5.41, 5.74) is 5.79. The van der Waals surface area contributed by atoms with Crippen molar-refractivity contribution in [3.05, 3.63) is 12.4 Å². The van der Waals surface area contributed by atoms with Gasteiger partial charge in [0.05, 0.1) is 24.7 Å². The number of methoxy groups -OCH3 is 1. The summed E-state index contributed by atoms with van der Waals surface area (Å²) in [7, 11) is 1.69. The van der Waals surface area contributed by atoms with Crippen molar-refractivity contribution in [3.8, 4) is 0 Å². The summed E-state index contributed by atoms with van der Waals surface area (Å²) in [6.45, 7) is 1.97. The molecule has 2 rings (SSSR count). The van der Waals surface area contributed by atoms with Crippen LogP contribution in [-0.2, 0) is 9.47 Å². The SMILES string of the molecule is COC1(CNc2ncc(N)cn2)CCOC1. The third kappa shape index (κ3) is 2.40. The van der Waals surface area contributed by atoms with E-state index >= 15 is 0 Å². The molecular formula is C10H16N4O2. The molecular weight excluding hydrogens is 208 g/mol. The maximum Gasteiger partial charge on any atom is 0.222 e. The standard InChI is InChI=1S/C10H16N4O2/c1-15-10(2-3-16-7-10)6-14-9-12-4-8(11)5-13-9/h4-5H,2-3,6-7,11H2,1H3,(H,12,13,14). The fraction of sp³-hybridized carbons (Fsp3) is 0.600. The van der Waals surface area contributed by atoms with E-state index in [1.165, 1.54) is 0 Å². The predicted octanol–water partition coefficient (Wildman–Crippen LogP) is 0.276. The van der Waals surface area contributed by atoms with Gasteiger partial charge in [0.1, 0.15) is 5.60 Å². The first-order valence-electron chi connectivity index (χ1n) is 5.18. The average Bonchev–Trinajstić information content (AvgIpc) is 2.78. The second kappa shape index (κ2) is 4.63. The molecule has 1 aromatic rings. The number of ether oxygens (including phenoxy) is 2. The molecule has 1 aliphatic heterocycles. The van der Waals surface area contributed by atoms with E-state index in [2.05, 4.69) is 15.3 Å². The van der Waals surface area contributed by atoms with Gasteiger partial charge in [-0.3, -0.25) is 0 Å². The maximum atomic E-state index is 5.50. The summed E-state index contributed by atoms with van der Waals surface area (Å²) in [5, 5.41) is 3.12. The lowest BCUT2D eigenvalue weighted by molar-refractivity contribution is -0.00631. The van der Waals surface area contributed by atoms with Crippen LogP contribution in [0.25, 0.3) is 0 Å². The van der Waals surface area contributed by atoms with Gasteiger partial charge in [-0.15, -0.1) is 0 Å². The van der Waals surface area contributed by atoms with E-state index in [0.29, 0.717) is 24.8 Å². The van der Waals surface area contributed by atoms with Crippen LogP contribution >= 0.6 is 0 Å². The topological polar surface area (TPSA) is 82.3 Å². The number of rotatable bonds is 4. The Bertz CT molecular complexity index is 335. The molecule has 0 radical (unpaired) electrons. The van der Waals surface area contributed by atoms with E-state index in [1.54, 1.807) is 19.5 Å². The Hall–Kier alpha value is -1.40. The summed E-state index contributed by atoms with van der Waals surface area (Å²) >= 11 is 0. The molecule has 0 aliphatic carbocycles. The summed E-state index contributed by atoms with van der Waals surface area (Å²) in [4.78, 5) is 8.12. The number of aromatic nitrogens is 2. The summed E-state index contributed by atoms with van der Waals surface area (Å²) in [6.07, 6.45) is 4.02. The molecule has 0 amide bonds. The van der Waals surface area contributed by atoms with E-state index in [-0.39, 0.29) is 5.60 Å². The van der Waals surface area contributed by atoms with Crippen molar-refractivity contribution in [2.75, 3.05) is 37.9 Å². The Kier molecular flexibility index (Phi) is 3.21. The lowest BCUT2D eigenvalue weighted by Gasteiger charge is -2.25. The Labute approximate surface area is 94.2 Å². The van der Waals surface area contributed by atoms with Gasteiger partial charge in [0.25, 0.3) is 0 Å². The van der Waals surface area contributed by atoms with E-state index < -0.39 is 0 Å². The average molecular weight is 224 g/mol. The van der Waals surface area contributed by atoms with Gasteiger partial charge in [-0.25, -0.2) is 9.97 Å². The first-order chi connectivity index (χ1) is 7.74. The number of nitrogens with one attached hydrogen (secondary N) is 1. The van der Waals surface area contributed by atoms with E-state index in [1.807, 2.05) is 0 Å².